The normalized spacial score (nSPS) is 15.3. The summed E-state index contributed by atoms with van der Waals surface area (Å²) in [4.78, 5) is 18.9. The van der Waals surface area contributed by atoms with Crippen molar-refractivity contribution < 1.29 is 22.0 Å². The lowest BCUT2D eigenvalue weighted by molar-refractivity contribution is 0.102. The lowest BCUT2D eigenvalue weighted by atomic mass is 9.82. The van der Waals surface area contributed by atoms with E-state index < -0.39 is 32.6 Å². The second kappa shape index (κ2) is 16.3. The number of nitrogens with zero attached hydrogens (tertiary/aromatic N) is 2. The number of Topliss-reactive ketones (excluding diaryl/α,β-unsaturated/α-hetero) is 1. The van der Waals surface area contributed by atoms with Crippen LogP contribution in [-0.4, -0.2) is 59.0 Å². The SMILES string of the molecule is CC1(C)CCN(c2ccc(C(=O)CS(=O)(=O)c3ccc(CN(CCSc4ccccc4)Cc4ccc(NS(=O)[O-])cc4)cc3)cc2)CC1. The van der Waals surface area contributed by atoms with E-state index >= 15 is 0 Å². The number of anilines is 2. The zero-order chi connectivity index (χ0) is 34.1. The molecular formula is C37H42N3O5S3-. The van der Waals surface area contributed by atoms with Crippen LogP contribution >= 0.6 is 11.8 Å². The molecule has 0 aromatic heterocycles. The van der Waals surface area contributed by atoms with Gasteiger partial charge in [-0.15, -0.1) is 11.8 Å². The third kappa shape index (κ3) is 10.5. The van der Waals surface area contributed by atoms with Crippen LogP contribution in [0.25, 0.3) is 0 Å². The molecular weight excluding hydrogens is 663 g/mol. The number of hydrogen-bond acceptors (Lipinski definition) is 8. The van der Waals surface area contributed by atoms with E-state index in [-0.39, 0.29) is 4.90 Å². The van der Waals surface area contributed by atoms with E-state index in [1.165, 1.54) is 4.90 Å². The molecule has 1 heterocycles. The second-order valence-electron chi connectivity index (χ2n) is 12.9. The second-order valence-corrected chi connectivity index (χ2v) is 16.8. The van der Waals surface area contributed by atoms with Gasteiger partial charge in [0.15, 0.2) is 15.6 Å². The molecule has 1 N–H and O–H groups in total. The Kier molecular flexibility index (Phi) is 12.1. The summed E-state index contributed by atoms with van der Waals surface area (Å²) >= 11 is -0.623. The highest BCUT2D eigenvalue weighted by Crippen LogP contribution is 2.32. The van der Waals surface area contributed by atoms with E-state index in [0.29, 0.717) is 29.8 Å². The van der Waals surface area contributed by atoms with Gasteiger partial charge in [0, 0.05) is 71.6 Å². The molecule has 1 saturated heterocycles. The van der Waals surface area contributed by atoms with Crippen LogP contribution < -0.4 is 9.62 Å². The third-order valence-corrected chi connectivity index (χ3v) is 11.7. The Morgan fingerprint density at radius 2 is 1.46 bits per heavy atom. The zero-order valence-electron chi connectivity index (χ0n) is 27.3. The maximum Gasteiger partial charge on any atom is 0.185 e. The lowest BCUT2D eigenvalue weighted by Crippen LogP contribution is -2.37. The number of nitrogens with one attached hydrogen (secondary N) is 1. The minimum Gasteiger partial charge on any atom is -0.755 e. The molecule has 1 atom stereocenters. The van der Waals surface area contributed by atoms with Gasteiger partial charge in [-0.3, -0.25) is 13.9 Å². The molecule has 0 bridgehead atoms. The molecule has 5 rings (SSSR count). The zero-order valence-corrected chi connectivity index (χ0v) is 29.8. The summed E-state index contributed by atoms with van der Waals surface area (Å²) in [7, 11) is -3.83. The Labute approximate surface area is 291 Å². The first-order chi connectivity index (χ1) is 23.0. The Morgan fingerprint density at radius 1 is 0.875 bits per heavy atom. The average molecular weight is 705 g/mol. The van der Waals surface area contributed by atoms with Gasteiger partial charge in [0.1, 0.15) is 5.75 Å². The molecule has 1 aliphatic rings. The quantitative estimate of drug-likeness (QED) is 0.0803. The highest BCUT2D eigenvalue weighted by molar-refractivity contribution is 7.99. The number of benzene rings is 4. The van der Waals surface area contributed by atoms with Gasteiger partial charge in [0.25, 0.3) is 0 Å². The molecule has 8 nitrogen and oxygen atoms in total. The van der Waals surface area contributed by atoms with Crippen molar-refractivity contribution in [2.75, 3.05) is 40.8 Å². The van der Waals surface area contributed by atoms with Gasteiger partial charge in [-0.25, -0.2) is 8.42 Å². The van der Waals surface area contributed by atoms with Gasteiger partial charge in [0.2, 0.25) is 0 Å². The van der Waals surface area contributed by atoms with Crippen LogP contribution in [0.2, 0.25) is 0 Å². The molecule has 48 heavy (non-hydrogen) atoms. The summed E-state index contributed by atoms with van der Waals surface area (Å²) in [5.41, 5.74) is 4.25. The van der Waals surface area contributed by atoms with Crippen LogP contribution in [0.3, 0.4) is 0 Å². The number of carbonyl (C=O) groups excluding carboxylic acids is 1. The molecule has 0 spiro atoms. The lowest BCUT2D eigenvalue weighted by Gasteiger charge is -2.38. The topological polar surface area (TPSA) is 110 Å². The van der Waals surface area contributed by atoms with E-state index in [1.807, 2.05) is 42.5 Å². The maximum absolute atomic E-state index is 13.3. The van der Waals surface area contributed by atoms with E-state index in [0.717, 1.165) is 55.0 Å². The molecule has 0 radical (unpaired) electrons. The molecule has 1 fully saturated rings. The predicted octanol–water partition coefficient (Wildman–Crippen LogP) is 6.97. The number of rotatable bonds is 15. The highest BCUT2D eigenvalue weighted by atomic mass is 32.2. The Balaban J connectivity index is 1.21. The summed E-state index contributed by atoms with van der Waals surface area (Å²) in [6, 6.07) is 31.5. The van der Waals surface area contributed by atoms with Crippen molar-refractivity contribution in [3.05, 3.63) is 120 Å². The van der Waals surface area contributed by atoms with Crippen molar-refractivity contribution in [1.29, 1.82) is 0 Å². The van der Waals surface area contributed by atoms with Gasteiger partial charge < -0.3 is 14.2 Å². The van der Waals surface area contributed by atoms with Crippen molar-refractivity contribution in [3.8, 4) is 0 Å². The van der Waals surface area contributed by atoms with Crippen molar-refractivity contribution in [1.82, 2.24) is 4.90 Å². The van der Waals surface area contributed by atoms with Gasteiger partial charge in [-0.2, -0.15) is 0 Å². The van der Waals surface area contributed by atoms with Gasteiger partial charge in [-0.1, -0.05) is 56.3 Å². The van der Waals surface area contributed by atoms with Crippen molar-refractivity contribution in [3.63, 3.8) is 0 Å². The summed E-state index contributed by atoms with van der Waals surface area (Å²) < 4.78 is 50.8. The number of ketones is 1. The average Bonchev–Trinajstić information content (AvgIpc) is 3.06. The fourth-order valence-corrected chi connectivity index (χ4v) is 8.18. The maximum atomic E-state index is 13.3. The fourth-order valence-electron chi connectivity index (χ4n) is 5.68. The van der Waals surface area contributed by atoms with Crippen LogP contribution in [0.5, 0.6) is 0 Å². The van der Waals surface area contributed by atoms with Crippen LogP contribution in [-0.2, 0) is 34.2 Å². The summed E-state index contributed by atoms with van der Waals surface area (Å²) in [6.07, 6.45) is 2.22. The van der Waals surface area contributed by atoms with Crippen LogP contribution in [0, 0.1) is 5.41 Å². The van der Waals surface area contributed by atoms with E-state index in [4.69, 9.17) is 0 Å². The molecule has 4 aromatic carbocycles. The summed E-state index contributed by atoms with van der Waals surface area (Å²) in [5.74, 6) is -0.155. The molecule has 1 aliphatic heterocycles. The molecule has 4 aromatic rings. The highest BCUT2D eigenvalue weighted by Gasteiger charge is 2.26. The van der Waals surface area contributed by atoms with E-state index in [9.17, 15) is 22.0 Å². The van der Waals surface area contributed by atoms with E-state index in [2.05, 4.69) is 40.5 Å². The smallest absolute Gasteiger partial charge is 0.185 e. The van der Waals surface area contributed by atoms with Gasteiger partial charge >= 0.3 is 0 Å². The minimum absolute atomic E-state index is 0.122. The minimum atomic E-state index is -3.83. The largest absolute Gasteiger partial charge is 0.755 e. The Bertz CT molecular complexity index is 1770. The first-order valence-corrected chi connectivity index (χ1v) is 19.7. The summed E-state index contributed by atoms with van der Waals surface area (Å²) in [5, 5.41) is 0. The van der Waals surface area contributed by atoms with Crippen molar-refractivity contribution in [2.45, 2.75) is 49.6 Å². The number of piperidine rings is 1. The number of carbonyl (C=O) groups is 1. The van der Waals surface area contributed by atoms with Gasteiger partial charge in [-0.05, 0) is 90.0 Å². The van der Waals surface area contributed by atoms with Crippen LogP contribution in [0.1, 0.15) is 48.2 Å². The Morgan fingerprint density at radius 3 is 2.04 bits per heavy atom. The van der Waals surface area contributed by atoms with Crippen LogP contribution in [0.15, 0.2) is 113 Å². The Hall–Kier alpha value is -3.48. The van der Waals surface area contributed by atoms with Crippen molar-refractivity contribution >= 4 is 50.0 Å². The van der Waals surface area contributed by atoms with Crippen molar-refractivity contribution in [2.24, 2.45) is 5.41 Å². The molecule has 11 heteroatoms. The molecule has 0 saturated carbocycles. The monoisotopic (exact) mass is 704 g/mol. The number of thioether (sulfide) groups is 1. The first kappa shape index (κ1) is 35.8. The number of sulfone groups is 1. The number of hydrogen-bond donors (Lipinski definition) is 1. The first-order valence-electron chi connectivity index (χ1n) is 16.0. The predicted molar refractivity (Wildman–Crippen MR) is 195 cm³/mol. The standard InChI is InChI=1S/C37H43N3O5S3/c1-37(2)20-22-40(23-21-37)33-16-12-31(13-17-33)36(41)28-48(44,45)35-18-10-30(11-19-35)27-39(24-25-46-34-6-4-3-5-7-34)26-29-8-14-32(15-9-29)38-47(42)43/h3-19,38H,20-28H2,1-2H3,(H,42,43)/p-1. The summed E-state index contributed by atoms with van der Waals surface area (Å²) in [6.45, 7) is 8.48. The van der Waals surface area contributed by atoms with Crippen LogP contribution in [0.4, 0.5) is 11.4 Å². The molecule has 254 valence electrons. The molecule has 0 aliphatic carbocycles. The third-order valence-electron chi connectivity index (χ3n) is 8.66. The fraction of sp³-hybridized carbons (Fsp3) is 0.324. The van der Waals surface area contributed by atoms with E-state index in [1.54, 1.807) is 60.3 Å². The molecule has 0 amide bonds. The molecule has 1 unspecified atom stereocenters. The van der Waals surface area contributed by atoms with Gasteiger partial charge in [0.05, 0.1) is 4.90 Å².